The first-order chi connectivity index (χ1) is 12.0. The molecule has 128 valence electrons. The average Bonchev–Trinajstić information content (AvgIpc) is 3.11. The molecule has 8 heteroatoms. The molecule has 1 unspecified atom stereocenters. The Balaban J connectivity index is 1.66. The minimum atomic E-state index is -0.499. The lowest BCUT2D eigenvalue weighted by Crippen LogP contribution is -2.22. The van der Waals surface area contributed by atoms with Gasteiger partial charge in [-0.3, -0.25) is 4.79 Å². The summed E-state index contributed by atoms with van der Waals surface area (Å²) >= 11 is 7.25. The van der Waals surface area contributed by atoms with E-state index in [0.717, 1.165) is 4.90 Å². The molecular formula is C17H14ClFN4OS. The number of aromatic nitrogens is 3. The van der Waals surface area contributed by atoms with Crippen molar-refractivity contribution < 1.29 is 9.18 Å². The summed E-state index contributed by atoms with van der Waals surface area (Å²) in [7, 11) is 0. The fraction of sp³-hybridized carbons (Fsp3) is 0.118. The first kappa shape index (κ1) is 17.4. The number of amides is 1. The first-order valence-electron chi connectivity index (χ1n) is 7.40. The zero-order chi connectivity index (χ0) is 17.8. The third-order valence-electron chi connectivity index (χ3n) is 3.38. The zero-order valence-electron chi connectivity index (χ0n) is 13.2. The Bertz CT molecular complexity index is 871. The Morgan fingerprint density at radius 2 is 2.04 bits per heavy atom. The van der Waals surface area contributed by atoms with Crippen molar-refractivity contribution in [2.75, 3.05) is 5.32 Å². The number of halogens is 2. The molecule has 2 aromatic carbocycles. The molecular weight excluding hydrogens is 363 g/mol. The molecule has 5 nitrogen and oxygen atoms in total. The zero-order valence-corrected chi connectivity index (χ0v) is 14.8. The second-order valence-electron chi connectivity index (χ2n) is 5.21. The van der Waals surface area contributed by atoms with Crippen LogP contribution in [0.4, 0.5) is 10.1 Å². The van der Waals surface area contributed by atoms with Crippen molar-refractivity contribution in [3.05, 3.63) is 66.0 Å². The quantitative estimate of drug-likeness (QED) is 0.678. The Kier molecular flexibility index (Phi) is 5.35. The highest BCUT2D eigenvalue weighted by molar-refractivity contribution is 8.00. The van der Waals surface area contributed by atoms with E-state index in [0.29, 0.717) is 10.7 Å². The molecule has 25 heavy (non-hydrogen) atoms. The van der Waals surface area contributed by atoms with E-state index in [4.69, 9.17) is 11.6 Å². The molecule has 0 saturated carbocycles. The van der Waals surface area contributed by atoms with Crippen LogP contribution in [0.25, 0.3) is 5.69 Å². The predicted octanol–water partition coefficient (Wildman–Crippen LogP) is 4.18. The monoisotopic (exact) mass is 376 g/mol. The second-order valence-corrected chi connectivity index (χ2v) is 7.06. The van der Waals surface area contributed by atoms with Gasteiger partial charge in [0.05, 0.1) is 5.25 Å². The Morgan fingerprint density at radius 1 is 1.28 bits per heavy atom. The van der Waals surface area contributed by atoms with Crippen molar-refractivity contribution in [1.82, 2.24) is 14.8 Å². The second kappa shape index (κ2) is 7.67. The molecule has 1 aromatic heterocycles. The number of hydrogen-bond donors (Lipinski definition) is 1. The molecule has 0 saturated heterocycles. The molecule has 3 rings (SSSR count). The highest BCUT2D eigenvalue weighted by atomic mass is 35.5. The van der Waals surface area contributed by atoms with Crippen LogP contribution in [0, 0.1) is 5.82 Å². The lowest BCUT2D eigenvalue weighted by molar-refractivity contribution is -0.115. The minimum Gasteiger partial charge on any atom is -0.325 e. The van der Waals surface area contributed by atoms with Crippen LogP contribution in [-0.4, -0.2) is 25.9 Å². The van der Waals surface area contributed by atoms with E-state index < -0.39 is 5.82 Å². The predicted molar refractivity (Wildman–Crippen MR) is 96.7 cm³/mol. The number of carbonyl (C=O) groups is 1. The van der Waals surface area contributed by atoms with Crippen LogP contribution in [-0.2, 0) is 4.79 Å². The lowest BCUT2D eigenvalue weighted by atomic mass is 10.2. The van der Waals surface area contributed by atoms with Gasteiger partial charge in [0.2, 0.25) is 5.91 Å². The van der Waals surface area contributed by atoms with Crippen LogP contribution in [0.3, 0.4) is 0 Å². The molecule has 1 N–H and O–H groups in total. The van der Waals surface area contributed by atoms with Gasteiger partial charge in [-0.05, 0) is 49.4 Å². The van der Waals surface area contributed by atoms with Crippen molar-refractivity contribution >= 4 is 35.0 Å². The maximum Gasteiger partial charge on any atom is 0.237 e. The molecule has 0 spiro atoms. The topological polar surface area (TPSA) is 59.8 Å². The molecule has 0 aliphatic heterocycles. The Morgan fingerprint density at radius 3 is 2.68 bits per heavy atom. The summed E-state index contributed by atoms with van der Waals surface area (Å²) in [6.45, 7) is 1.79. The molecule has 0 aliphatic rings. The van der Waals surface area contributed by atoms with E-state index in [2.05, 4.69) is 15.4 Å². The van der Waals surface area contributed by atoms with Crippen molar-refractivity contribution in [2.45, 2.75) is 17.1 Å². The first-order valence-corrected chi connectivity index (χ1v) is 8.66. The van der Waals surface area contributed by atoms with Gasteiger partial charge in [0.15, 0.2) is 5.82 Å². The van der Waals surface area contributed by atoms with Crippen LogP contribution < -0.4 is 5.32 Å². The summed E-state index contributed by atoms with van der Waals surface area (Å²) in [4.78, 5) is 17.0. The van der Waals surface area contributed by atoms with Gasteiger partial charge in [-0.25, -0.2) is 14.1 Å². The van der Waals surface area contributed by atoms with E-state index in [-0.39, 0.29) is 16.8 Å². The third kappa shape index (κ3) is 4.37. The van der Waals surface area contributed by atoms with E-state index in [1.165, 1.54) is 41.2 Å². The molecule has 1 heterocycles. The van der Waals surface area contributed by atoms with Crippen LogP contribution >= 0.6 is 23.4 Å². The van der Waals surface area contributed by atoms with E-state index in [1.807, 2.05) is 12.1 Å². The fourth-order valence-corrected chi connectivity index (χ4v) is 3.11. The van der Waals surface area contributed by atoms with E-state index in [1.54, 1.807) is 25.1 Å². The molecule has 3 aromatic rings. The van der Waals surface area contributed by atoms with Gasteiger partial charge >= 0.3 is 0 Å². The number of carbonyl (C=O) groups excluding carboxylic acids is 1. The molecule has 0 aliphatic carbocycles. The van der Waals surface area contributed by atoms with E-state index in [9.17, 15) is 9.18 Å². The van der Waals surface area contributed by atoms with Crippen molar-refractivity contribution in [3.63, 3.8) is 0 Å². The number of rotatable bonds is 5. The van der Waals surface area contributed by atoms with Crippen molar-refractivity contribution in [2.24, 2.45) is 0 Å². The molecule has 1 amide bonds. The highest BCUT2D eigenvalue weighted by Crippen LogP contribution is 2.26. The Hall–Kier alpha value is -2.38. The van der Waals surface area contributed by atoms with Crippen LogP contribution in [0.1, 0.15) is 6.92 Å². The summed E-state index contributed by atoms with van der Waals surface area (Å²) in [6, 6.07) is 11.7. The van der Waals surface area contributed by atoms with Gasteiger partial charge in [-0.15, -0.1) is 11.8 Å². The standard InChI is InChI=1S/C17H14ClFN4OS/c1-11(25-14-5-2-12(18)3-6-14)17(24)22-13-4-7-16(15(19)8-13)23-10-20-9-21-23/h2-11H,1H3,(H,22,24). The van der Waals surface area contributed by atoms with Crippen LogP contribution in [0.5, 0.6) is 0 Å². The summed E-state index contributed by atoms with van der Waals surface area (Å²) in [5.41, 5.74) is 0.647. The lowest BCUT2D eigenvalue weighted by Gasteiger charge is -2.13. The maximum atomic E-state index is 14.2. The number of nitrogens with zero attached hydrogens (tertiary/aromatic N) is 3. The van der Waals surface area contributed by atoms with Crippen molar-refractivity contribution in [1.29, 1.82) is 0 Å². The number of nitrogens with one attached hydrogen (secondary N) is 1. The summed E-state index contributed by atoms with van der Waals surface area (Å²) < 4.78 is 15.5. The molecule has 0 radical (unpaired) electrons. The largest absolute Gasteiger partial charge is 0.325 e. The van der Waals surface area contributed by atoms with Gasteiger partial charge < -0.3 is 5.32 Å². The number of anilines is 1. The van der Waals surface area contributed by atoms with Gasteiger partial charge in [-0.1, -0.05) is 11.6 Å². The number of benzene rings is 2. The van der Waals surface area contributed by atoms with Crippen LogP contribution in [0.2, 0.25) is 5.02 Å². The Labute approximate surface area is 153 Å². The normalized spacial score (nSPS) is 12.0. The molecule has 1 atom stereocenters. The SMILES string of the molecule is CC(Sc1ccc(Cl)cc1)C(=O)Nc1ccc(-n2cncn2)c(F)c1. The fourth-order valence-electron chi connectivity index (χ4n) is 2.12. The van der Waals surface area contributed by atoms with E-state index >= 15 is 0 Å². The highest BCUT2D eigenvalue weighted by Gasteiger charge is 2.15. The van der Waals surface area contributed by atoms with Crippen LogP contribution in [0.15, 0.2) is 60.0 Å². The van der Waals surface area contributed by atoms with Crippen molar-refractivity contribution in [3.8, 4) is 5.69 Å². The number of thioether (sulfide) groups is 1. The van der Waals surface area contributed by atoms with Gasteiger partial charge in [0.25, 0.3) is 0 Å². The molecule has 0 bridgehead atoms. The van der Waals surface area contributed by atoms with Gasteiger partial charge in [0.1, 0.15) is 18.3 Å². The number of hydrogen-bond acceptors (Lipinski definition) is 4. The summed E-state index contributed by atoms with van der Waals surface area (Å²) in [5, 5.41) is 6.90. The summed E-state index contributed by atoms with van der Waals surface area (Å²) in [6.07, 6.45) is 2.73. The molecule has 0 fully saturated rings. The third-order valence-corrected chi connectivity index (χ3v) is 4.74. The van der Waals surface area contributed by atoms with Gasteiger partial charge in [-0.2, -0.15) is 5.10 Å². The maximum absolute atomic E-state index is 14.2. The van der Waals surface area contributed by atoms with Gasteiger partial charge in [0, 0.05) is 15.6 Å². The average molecular weight is 377 g/mol. The minimum absolute atomic E-state index is 0.215. The summed E-state index contributed by atoms with van der Waals surface area (Å²) in [5.74, 6) is -0.714. The smallest absolute Gasteiger partial charge is 0.237 e.